The predicted octanol–water partition coefficient (Wildman–Crippen LogP) is 4.19. The van der Waals surface area contributed by atoms with Crippen LogP contribution in [-0.2, 0) is 14.8 Å². The highest BCUT2D eigenvalue weighted by Gasteiger charge is 2.51. The van der Waals surface area contributed by atoms with Gasteiger partial charge in [-0.3, -0.25) is 9.59 Å². The molecule has 1 amide bonds. The van der Waals surface area contributed by atoms with E-state index >= 15 is 0 Å². The molecule has 2 aliphatic heterocycles. The van der Waals surface area contributed by atoms with Gasteiger partial charge >= 0.3 is 6.18 Å². The summed E-state index contributed by atoms with van der Waals surface area (Å²) in [4.78, 5) is 30.9. The van der Waals surface area contributed by atoms with Crippen molar-refractivity contribution in [1.29, 1.82) is 0 Å². The molecule has 0 radical (unpaired) electrons. The maximum absolute atomic E-state index is 14.9. The van der Waals surface area contributed by atoms with Crippen molar-refractivity contribution in [2.45, 2.75) is 44.3 Å². The Bertz CT molecular complexity index is 1450. The molecule has 2 aromatic rings. The number of amides is 1. The van der Waals surface area contributed by atoms with Crippen molar-refractivity contribution in [3.8, 4) is 5.75 Å². The molecule has 4 rings (SSSR count). The highest BCUT2D eigenvalue weighted by atomic mass is 32.2. The van der Waals surface area contributed by atoms with Crippen molar-refractivity contribution in [1.82, 2.24) is 14.1 Å². The smallest absolute Gasteiger partial charge is 0.408 e. The van der Waals surface area contributed by atoms with Gasteiger partial charge in [-0.05, 0) is 55.5 Å². The first-order chi connectivity index (χ1) is 20.1. The predicted molar refractivity (Wildman–Crippen MR) is 153 cm³/mol. The fraction of sp³-hybridized carbons (Fsp3) is 0.533. The van der Waals surface area contributed by atoms with Gasteiger partial charge in [0.15, 0.2) is 5.78 Å². The van der Waals surface area contributed by atoms with Crippen LogP contribution in [0, 0.1) is 24.6 Å². The third kappa shape index (κ3) is 7.38. The van der Waals surface area contributed by atoms with Gasteiger partial charge in [0, 0.05) is 57.2 Å². The second kappa shape index (κ2) is 12.9. The fourth-order valence-electron chi connectivity index (χ4n) is 6.29. The van der Waals surface area contributed by atoms with E-state index < -0.39 is 57.5 Å². The van der Waals surface area contributed by atoms with E-state index in [1.165, 1.54) is 50.4 Å². The summed E-state index contributed by atoms with van der Waals surface area (Å²) in [5, 5.41) is 10.1. The molecule has 8 nitrogen and oxygen atoms in total. The first-order valence-electron chi connectivity index (χ1n) is 14.2. The van der Waals surface area contributed by atoms with Gasteiger partial charge in [-0.1, -0.05) is 24.3 Å². The molecule has 2 aromatic carbocycles. The normalized spacial score (nSPS) is 23.9. The summed E-state index contributed by atoms with van der Waals surface area (Å²) in [6, 6.07) is 7.94. The van der Waals surface area contributed by atoms with E-state index in [4.69, 9.17) is 0 Å². The lowest BCUT2D eigenvalue weighted by Crippen LogP contribution is -2.58. The molecule has 1 unspecified atom stereocenters. The zero-order valence-electron chi connectivity index (χ0n) is 24.3. The van der Waals surface area contributed by atoms with E-state index in [2.05, 4.69) is 0 Å². The fourth-order valence-corrected chi connectivity index (χ4v) is 6.70. The van der Waals surface area contributed by atoms with Crippen molar-refractivity contribution < 1.29 is 40.7 Å². The number of likely N-dealkylation sites (N-methyl/N-ethyl adjacent to an activating group) is 1. The Kier molecular flexibility index (Phi) is 9.87. The number of sulfonamides is 1. The Balaban J connectivity index is 1.83. The number of rotatable bonds is 8. The van der Waals surface area contributed by atoms with Crippen LogP contribution in [0.2, 0.25) is 0 Å². The Labute approximate surface area is 249 Å². The summed E-state index contributed by atoms with van der Waals surface area (Å²) in [6.45, 7) is 1.52. The van der Waals surface area contributed by atoms with Crippen molar-refractivity contribution in [2.75, 3.05) is 46.0 Å². The minimum Gasteiger partial charge on any atom is -0.508 e. The molecule has 0 saturated carbocycles. The van der Waals surface area contributed by atoms with E-state index in [9.17, 15) is 40.7 Å². The average molecular weight is 628 g/mol. The van der Waals surface area contributed by atoms with Gasteiger partial charge in [-0.2, -0.15) is 13.2 Å². The maximum atomic E-state index is 14.9. The lowest BCUT2D eigenvalue weighted by Gasteiger charge is -2.47. The van der Waals surface area contributed by atoms with E-state index in [-0.39, 0.29) is 56.0 Å². The van der Waals surface area contributed by atoms with Gasteiger partial charge in [-0.25, -0.2) is 17.1 Å². The van der Waals surface area contributed by atoms with Crippen LogP contribution in [0.5, 0.6) is 5.75 Å². The Morgan fingerprint density at radius 2 is 1.74 bits per heavy atom. The number of hydrogen-bond acceptors (Lipinski definition) is 6. The largest absolute Gasteiger partial charge is 0.508 e. The maximum Gasteiger partial charge on any atom is 0.408 e. The molecule has 13 heteroatoms. The number of piperidine rings is 2. The van der Waals surface area contributed by atoms with Crippen LogP contribution < -0.4 is 0 Å². The van der Waals surface area contributed by atoms with E-state index in [0.717, 1.165) is 15.5 Å². The van der Waals surface area contributed by atoms with Crippen LogP contribution in [0.15, 0.2) is 42.5 Å². The standard InChI is InChI=1S/C30H37F4N3O5S/c1-19-22(10-7-11-25(19)31)27-23(28(39)20-8-6-9-21(38)16-20)17-36(15-14-35(2)43(3,41)42)18-24(27)29(40)37-13-5-4-12-26(37)30(32,33)34/h6-11,16,23-24,26-27,38H,4-5,12-15,17-18H2,1-3H3/t23-,24+,26?,27+/m0/s1. The van der Waals surface area contributed by atoms with Crippen LogP contribution in [0.4, 0.5) is 17.6 Å². The molecule has 4 atom stereocenters. The zero-order valence-corrected chi connectivity index (χ0v) is 25.2. The number of halogens is 4. The highest BCUT2D eigenvalue weighted by Crippen LogP contribution is 2.43. The van der Waals surface area contributed by atoms with Gasteiger partial charge in [0.1, 0.15) is 17.6 Å². The number of likely N-dealkylation sites (tertiary alicyclic amines) is 2. The topological polar surface area (TPSA) is 98.2 Å². The molecule has 0 aromatic heterocycles. The summed E-state index contributed by atoms with van der Waals surface area (Å²) < 4.78 is 82.5. The summed E-state index contributed by atoms with van der Waals surface area (Å²) in [7, 11) is -2.16. The van der Waals surface area contributed by atoms with Crippen LogP contribution in [0.3, 0.4) is 0 Å². The number of carbonyl (C=O) groups is 2. The minimum atomic E-state index is -4.65. The number of aromatic hydroxyl groups is 1. The third-order valence-electron chi connectivity index (χ3n) is 8.69. The van der Waals surface area contributed by atoms with Crippen LogP contribution in [0.1, 0.15) is 46.7 Å². The van der Waals surface area contributed by atoms with Crippen LogP contribution >= 0.6 is 0 Å². The quantitative estimate of drug-likeness (QED) is 0.348. The Morgan fingerprint density at radius 1 is 1.07 bits per heavy atom. The van der Waals surface area contributed by atoms with E-state index in [1.54, 1.807) is 11.0 Å². The van der Waals surface area contributed by atoms with Gasteiger partial charge in [0.05, 0.1) is 12.2 Å². The molecule has 2 heterocycles. The number of phenols is 1. The Morgan fingerprint density at radius 3 is 2.40 bits per heavy atom. The lowest BCUT2D eigenvalue weighted by atomic mass is 9.69. The van der Waals surface area contributed by atoms with Crippen molar-refractivity contribution in [3.63, 3.8) is 0 Å². The van der Waals surface area contributed by atoms with Gasteiger partial charge < -0.3 is 14.9 Å². The van der Waals surface area contributed by atoms with Crippen molar-refractivity contribution in [2.24, 2.45) is 11.8 Å². The molecule has 0 spiro atoms. The SMILES string of the molecule is Cc1c(F)cccc1[C@@H]1[C@@H](C(=O)c2cccc(O)c2)CN(CCN(C)S(C)(=O)=O)C[C@H]1C(=O)N1CCCCC1C(F)(F)F. The molecular weight excluding hydrogens is 590 g/mol. The summed E-state index contributed by atoms with van der Waals surface area (Å²) in [5.41, 5.74) is 0.678. The molecule has 2 saturated heterocycles. The second-order valence-electron chi connectivity index (χ2n) is 11.5. The van der Waals surface area contributed by atoms with Gasteiger partial charge in [-0.15, -0.1) is 0 Å². The minimum absolute atomic E-state index is 0.0192. The highest BCUT2D eigenvalue weighted by molar-refractivity contribution is 7.88. The van der Waals surface area contributed by atoms with Crippen LogP contribution in [-0.4, -0.2) is 97.6 Å². The van der Waals surface area contributed by atoms with Gasteiger partial charge in [0.2, 0.25) is 15.9 Å². The summed E-state index contributed by atoms with van der Waals surface area (Å²) >= 11 is 0. The molecule has 0 aliphatic carbocycles. The number of hydrogen-bond donors (Lipinski definition) is 1. The molecule has 2 fully saturated rings. The zero-order chi connectivity index (χ0) is 31.7. The molecule has 43 heavy (non-hydrogen) atoms. The van der Waals surface area contributed by atoms with E-state index in [0.29, 0.717) is 18.4 Å². The number of benzene rings is 2. The number of phenolic OH excluding ortho intramolecular Hbond substituents is 1. The van der Waals surface area contributed by atoms with Crippen LogP contribution in [0.25, 0.3) is 0 Å². The lowest BCUT2D eigenvalue weighted by molar-refractivity contribution is -0.198. The van der Waals surface area contributed by atoms with Crippen molar-refractivity contribution in [3.05, 3.63) is 65.0 Å². The van der Waals surface area contributed by atoms with E-state index in [1.807, 2.05) is 0 Å². The molecule has 2 aliphatic rings. The second-order valence-corrected chi connectivity index (χ2v) is 13.6. The molecular formula is C30H37F4N3O5S. The molecule has 236 valence electrons. The number of alkyl halides is 3. The molecule has 0 bridgehead atoms. The first kappa shape index (κ1) is 32.9. The van der Waals surface area contributed by atoms with Gasteiger partial charge in [0.25, 0.3) is 0 Å². The van der Waals surface area contributed by atoms with Crippen molar-refractivity contribution >= 4 is 21.7 Å². The average Bonchev–Trinajstić information content (AvgIpc) is 2.95. The number of carbonyl (C=O) groups excluding carboxylic acids is 2. The first-order valence-corrected chi connectivity index (χ1v) is 16.0. The monoisotopic (exact) mass is 627 g/mol. The Hall–Kier alpha value is -3.03. The summed E-state index contributed by atoms with van der Waals surface area (Å²) in [5.74, 6) is -5.12. The number of nitrogens with zero attached hydrogens (tertiary/aromatic N) is 3. The molecule has 1 N–H and O–H groups in total. The number of Topliss-reactive ketones (excluding diaryl/α,β-unsaturated/α-hetero) is 1. The summed E-state index contributed by atoms with van der Waals surface area (Å²) in [6.07, 6.45) is -3.14. The number of ketones is 1. The third-order valence-corrected chi connectivity index (χ3v) is 10.0.